The van der Waals surface area contributed by atoms with Gasteiger partial charge in [0.05, 0.1) is 39.3 Å². The lowest BCUT2D eigenvalue weighted by Crippen LogP contribution is -2.21. The number of hydrogen-bond acceptors (Lipinski definition) is 8. The van der Waals surface area contributed by atoms with Crippen molar-refractivity contribution >= 4 is 44.7 Å². The molecule has 5 rings (SSSR count). The summed E-state index contributed by atoms with van der Waals surface area (Å²) in [7, 11) is 3.60. The van der Waals surface area contributed by atoms with Crippen LogP contribution in [0.2, 0.25) is 0 Å². The molecule has 0 aliphatic carbocycles. The molecule has 222 valence electrons. The van der Waals surface area contributed by atoms with Crippen molar-refractivity contribution in [3.63, 3.8) is 0 Å². The molecule has 43 heavy (non-hydrogen) atoms. The number of rotatable bonds is 12. The summed E-state index contributed by atoms with van der Waals surface area (Å²) in [5.41, 5.74) is 1.78. The van der Waals surface area contributed by atoms with Crippen LogP contribution in [0.25, 0.3) is 20.9 Å². The average molecular weight is 607 g/mol. The monoisotopic (exact) mass is 606 g/mol. The fourth-order valence-corrected chi connectivity index (χ4v) is 5.32. The zero-order chi connectivity index (χ0) is 30.3. The zero-order valence-electron chi connectivity index (χ0n) is 23.3. The first kappa shape index (κ1) is 29.8. The predicted octanol–water partition coefficient (Wildman–Crippen LogP) is 5.47. The van der Waals surface area contributed by atoms with Crippen LogP contribution in [0.15, 0.2) is 67.0 Å². The summed E-state index contributed by atoms with van der Waals surface area (Å²) >= 11 is 1.43. The number of methoxy groups -OCH3 is 1. The third-order valence-corrected chi connectivity index (χ3v) is 7.51. The van der Waals surface area contributed by atoms with Gasteiger partial charge < -0.3 is 30.0 Å². The molecule has 2 amide bonds. The second-order valence-corrected chi connectivity index (χ2v) is 10.5. The Morgan fingerprint density at radius 3 is 2.58 bits per heavy atom. The highest BCUT2D eigenvalue weighted by Crippen LogP contribution is 2.39. The number of carbonyl (C=O) groups excluding carboxylic acids is 2. The second-order valence-electron chi connectivity index (χ2n) is 9.44. The van der Waals surface area contributed by atoms with Gasteiger partial charge in [0, 0.05) is 51.3 Å². The molecule has 0 saturated carbocycles. The van der Waals surface area contributed by atoms with Gasteiger partial charge in [-0.25, -0.2) is 13.8 Å². The smallest absolute Gasteiger partial charge is 0.233 e. The number of hydrogen-bond donors (Lipinski definition) is 3. The zero-order valence-corrected chi connectivity index (χ0v) is 24.1. The minimum atomic E-state index is -0.718. The van der Waals surface area contributed by atoms with E-state index in [1.165, 1.54) is 41.7 Å². The Hall–Kier alpha value is -4.72. The number of halogens is 2. The first-order valence-corrected chi connectivity index (χ1v) is 14.0. The Morgan fingerprint density at radius 2 is 1.79 bits per heavy atom. The maximum absolute atomic E-state index is 15.0. The highest BCUT2D eigenvalue weighted by Gasteiger charge is 2.17. The summed E-state index contributed by atoms with van der Waals surface area (Å²) in [5, 5.41) is 8.10. The standard InChI is InChI=1S/C30H28F2N6O4S/c1-38-19(16-33-11-12-41-2)17-35-30(38)26-14-23-29(43-26)25(9-10-34-23)42-24-8-7-18(13-21(24)32)36-27(39)15-28(40)37-22-6-4-3-5-20(22)31/h3-10,13-14,17,33H,11-12,15-16H2,1-2H3,(H,36,39)(H,37,40). The number of ether oxygens (including phenoxy) is 2. The lowest BCUT2D eigenvalue weighted by Gasteiger charge is -2.10. The van der Waals surface area contributed by atoms with Gasteiger partial charge in [-0.2, -0.15) is 0 Å². The van der Waals surface area contributed by atoms with E-state index in [1.54, 1.807) is 25.4 Å². The molecule has 5 aromatic rings. The fraction of sp³-hybridized carbons (Fsp3) is 0.200. The number of aromatic nitrogens is 3. The Kier molecular flexibility index (Phi) is 9.35. The second kappa shape index (κ2) is 13.5. The number of para-hydroxylation sites is 1. The number of imidazole rings is 1. The lowest BCUT2D eigenvalue weighted by atomic mass is 10.2. The molecule has 0 radical (unpaired) electrons. The van der Waals surface area contributed by atoms with Crippen LogP contribution in [0.3, 0.4) is 0 Å². The minimum absolute atomic E-state index is 0.0355. The van der Waals surface area contributed by atoms with E-state index < -0.39 is 29.9 Å². The number of nitrogens with one attached hydrogen (secondary N) is 3. The Bertz CT molecular complexity index is 1770. The largest absolute Gasteiger partial charge is 0.453 e. The summed E-state index contributed by atoms with van der Waals surface area (Å²) in [6, 6.07) is 13.1. The average Bonchev–Trinajstić information content (AvgIpc) is 3.57. The van der Waals surface area contributed by atoms with E-state index in [9.17, 15) is 14.0 Å². The maximum Gasteiger partial charge on any atom is 0.233 e. The molecule has 0 aliphatic rings. The van der Waals surface area contributed by atoms with Crippen LogP contribution < -0.4 is 20.7 Å². The molecule has 10 nitrogen and oxygen atoms in total. The summed E-state index contributed by atoms with van der Waals surface area (Å²) in [6.45, 7) is 1.98. The molecular formula is C30H28F2N6O4S. The van der Waals surface area contributed by atoms with Crippen molar-refractivity contribution < 1.29 is 27.8 Å². The van der Waals surface area contributed by atoms with Crippen LogP contribution in [0.4, 0.5) is 20.2 Å². The first-order chi connectivity index (χ1) is 20.8. The Morgan fingerprint density at radius 1 is 0.977 bits per heavy atom. The number of thiophene rings is 1. The SMILES string of the molecule is COCCNCc1cnc(-c2cc3nccc(Oc4ccc(NC(=O)CC(=O)Nc5ccccc5F)cc4F)c3s2)n1C. The van der Waals surface area contributed by atoms with Crippen LogP contribution >= 0.6 is 11.3 Å². The van der Waals surface area contributed by atoms with Crippen LogP contribution in [0, 0.1) is 11.6 Å². The minimum Gasteiger partial charge on any atom is -0.453 e. The Balaban J connectivity index is 1.25. The highest BCUT2D eigenvalue weighted by molar-refractivity contribution is 7.22. The van der Waals surface area contributed by atoms with Gasteiger partial charge in [-0.1, -0.05) is 12.1 Å². The fourth-order valence-electron chi connectivity index (χ4n) is 4.22. The number of amides is 2. The highest BCUT2D eigenvalue weighted by atomic mass is 32.1. The normalized spacial score (nSPS) is 11.1. The van der Waals surface area contributed by atoms with Crippen molar-refractivity contribution in [3.05, 3.63) is 84.3 Å². The molecule has 0 spiro atoms. The van der Waals surface area contributed by atoms with E-state index in [1.807, 2.05) is 23.9 Å². The van der Waals surface area contributed by atoms with Crippen molar-refractivity contribution in [3.8, 4) is 22.2 Å². The van der Waals surface area contributed by atoms with Gasteiger partial charge in [0.25, 0.3) is 0 Å². The molecule has 0 aliphatic heterocycles. The third kappa shape index (κ3) is 7.20. The summed E-state index contributed by atoms with van der Waals surface area (Å²) in [5.74, 6) is -1.60. The summed E-state index contributed by atoms with van der Waals surface area (Å²) in [6.07, 6.45) is 2.82. The van der Waals surface area contributed by atoms with Crippen molar-refractivity contribution in [1.29, 1.82) is 0 Å². The van der Waals surface area contributed by atoms with E-state index in [0.29, 0.717) is 24.4 Å². The van der Waals surface area contributed by atoms with Crippen LogP contribution in [0.5, 0.6) is 11.5 Å². The molecule has 3 aromatic heterocycles. The van der Waals surface area contributed by atoms with Gasteiger partial charge in [0.15, 0.2) is 11.6 Å². The van der Waals surface area contributed by atoms with Crippen LogP contribution in [-0.4, -0.2) is 46.6 Å². The third-order valence-electron chi connectivity index (χ3n) is 6.37. The van der Waals surface area contributed by atoms with Gasteiger partial charge >= 0.3 is 0 Å². The van der Waals surface area contributed by atoms with Crippen molar-refractivity contribution in [1.82, 2.24) is 19.9 Å². The Labute approximate surface area is 249 Å². The molecule has 2 aromatic carbocycles. The topological polar surface area (TPSA) is 119 Å². The number of benzene rings is 2. The van der Waals surface area contributed by atoms with Gasteiger partial charge in [-0.05, 0) is 30.3 Å². The molecule has 0 fully saturated rings. The van der Waals surface area contributed by atoms with Crippen LogP contribution in [0.1, 0.15) is 12.1 Å². The molecule has 0 saturated heterocycles. The number of nitrogens with zero attached hydrogens (tertiary/aromatic N) is 3. The lowest BCUT2D eigenvalue weighted by molar-refractivity contribution is -0.123. The summed E-state index contributed by atoms with van der Waals surface area (Å²) < 4.78 is 42.5. The molecule has 0 unspecified atom stereocenters. The van der Waals surface area contributed by atoms with E-state index in [4.69, 9.17) is 9.47 Å². The number of fused-ring (bicyclic) bond motifs is 1. The van der Waals surface area contributed by atoms with E-state index in [2.05, 4.69) is 25.9 Å². The van der Waals surface area contributed by atoms with Crippen molar-refractivity contribution in [2.45, 2.75) is 13.0 Å². The molecule has 0 atom stereocenters. The molecule has 3 heterocycles. The maximum atomic E-state index is 15.0. The van der Waals surface area contributed by atoms with Gasteiger partial charge in [0.2, 0.25) is 11.8 Å². The quantitative estimate of drug-likeness (QED) is 0.127. The number of carbonyl (C=O) groups is 2. The van der Waals surface area contributed by atoms with Crippen molar-refractivity contribution in [2.75, 3.05) is 30.9 Å². The molecule has 3 N–H and O–H groups in total. The van der Waals surface area contributed by atoms with Crippen molar-refractivity contribution in [2.24, 2.45) is 7.05 Å². The van der Waals surface area contributed by atoms with Crippen LogP contribution in [-0.2, 0) is 27.9 Å². The van der Waals surface area contributed by atoms with E-state index in [-0.39, 0.29) is 17.1 Å². The molecule has 0 bridgehead atoms. The first-order valence-electron chi connectivity index (χ1n) is 13.2. The van der Waals surface area contributed by atoms with Gasteiger partial charge in [-0.3, -0.25) is 14.6 Å². The van der Waals surface area contributed by atoms with Gasteiger partial charge in [0.1, 0.15) is 23.8 Å². The van der Waals surface area contributed by atoms with Gasteiger partial charge in [-0.15, -0.1) is 11.3 Å². The van der Waals surface area contributed by atoms with E-state index in [0.717, 1.165) is 33.7 Å². The predicted molar refractivity (Wildman–Crippen MR) is 160 cm³/mol. The molecular weight excluding hydrogens is 578 g/mol. The summed E-state index contributed by atoms with van der Waals surface area (Å²) in [4.78, 5) is 34.3. The van der Waals surface area contributed by atoms with E-state index >= 15 is 4.39 Å². The number of pyridine rings is 1. The molecule has 13 heteroatoms. The number of anilines is 2.